The van der Waals surface area contributed by atoms with Gasteiger partial charge in [-0.25, -0.2) is 4.57 Å². The van der Waals surface area contributed by atoms with Crippen LogP contribution < -0.4 is 0 Å². The van der Waals surface area contributed by atoms with E-state index in [4.69, 9.17) is 9.47 Å². The number of nitrogens with zero attached hydrogens (tertiary/aromatic N) is 3. The second-order valence-corrected chi connectivity index (χ2v) is 7.72. The van der Waals surface area contributed by atoms with Gasteiger partial charge in [0.25, 0.3) is 0 Å². The Morgan fingerprint density at radius 2 is 2.20 bits per heavy atom. The van der Waals surface area contributed by atoms with Crippen molar-refractivity contribution >= 4 is 36.1 Å². The zero-order chi connectivity index (χ0) is 14.8. The largest absolute Gasteiger partial charge is 0.434 e. The molecule has 1 saturated heterocycles. The Morgan fingerprint density at radius 1 is 1.55 bits per heavy atom. The van der Waals surface area contributed by atoms with Gasteiger partial charge in [0.2, 0.25) is 0 Å². The van der Waals surface area contributed by atoms with Gasteiger partial charge < -0.3 is 19.6 Å². The molecule has 1 aliphatic heterocycles. The van der Waals surface area contributed by atoms with Gasteiger partial charge in [0.15, 0.2) is 5.79 Å². The number of aromatic nitrogens is 2. The maximum Gasteiger partial charge on any atom is 0.434 e. The molecular formula is C11H16IN3O4S. The molecule has 0 bridgehead atoms. The van der Waals surface area contributed by atoms with Crippen LogP contribution in [0, 0.1) is 15.5 Å². The van der Waals surface area contributed by atoms with Gasteiger partial charge in [-0.2, -0.15) is 0 Å². The summed E-state index contributed by atoms with van der Waals surface area (Å²) in [5.74, 6) is 0.0481. The van der Waals surface area contributed by atoms with E-state index in [9.17, 15) is 10.1 Å². The van der Waals surface area contributed by atoms with Gasteiger partial charge in [0.05, 0.1) is 25.2 Å². The minimum atomic E-state index is -0.597. The number of imidazole rings is 1. The first-order valence-electron chi connectivity index (χ1n) is 6.04. The first kappa shape index (κ1) is 16.0. The van der Waals surface area contributed by atoms with Crippen LogP contribution in [0.1, 0.15) is 13.8 Å². The van der Waals surface area contributed by atoms with Crippen LogP contribution in [-0.2, 0) is 16.0 Å². The highest BCUT2D eigenvalue weighted by Crippen LogP contribution is 2.36. The van der Waals surface area contributed by atoms with E-state index in [0.717, 1.165) is 5.75 Å². The number of hydrogen-bond acceptors (Lipinski definition) is 6. The highest BCUT2D eigenvalue weighted by molar-refractivity contribution is 14.2. The Balaban J connectivity index is 2.17. The summed E-state index contributed by atoms with van der Waals surface area (Å²) >= 11 is 2.22. The Bertz CT molecular complexity index is 484. The van der Waals surface area contributed by atoms with Crippen LogP contribution in [0.3, 0.4) is 0 Å². The predicted molar refractivity (Wildman–Crippen MR) is 83.8 cm³/mol. The van der Waals surface area contributed by atoms with E-state index < -0.39 is 10.7 Å². The highest BCUT2D eigenvalue weighted by atomic mass is 127. The molecule has 7 nitrogen and oxygen atoms in total. The van der Waals surface area contributed by atoms with Gasteiger partial charge in [-0.15, -0.1) is 0 Å². The lowest BCUT2D eigenvalue weighted by molar-refractivity contribution is -0.397. The molecule has 0 atom stereocenters. The van der Waals surface area contributed by atoms with E-state index in [1.165, 1.54) is 6.20 Å². The minimum absolute atomic E-state index is 0.146. The van der Waals surface area contributed by atoms with E-state index in [1.54, 1.807) is 19.7 Å². The van der Waals surface area contributed by atoms with Crippen molar-refractivity contribution in [2.45, 2.75) is 26.2 Å². The van der Waals surface area contributed by atoms with Crippen LogP contribution in [0.25, 0.3) is 0 Å². The SMILES string of the molecule is CC1(C)OCC(CSI)(Cn2ccnc2[N+](=O)[O-])CO1. The van der Waals surface area contributed by atoms with Crippen molar-refractivity contribution in [1.82, 2.24) is 9.55 Å². The fourth-order valence-corrected chi connectivity index (χ4v) is 4.50. The third-order valence-electron chi connectivity index (χ3n) is 3.18. The molecule has 0 spiro atoms. The molecule has 1 aromatic heterocycles. The number of ether oxygens (including phenoxy) is 2. The molecule has 2 rings (SSSR count). The molecule has 1 aromatic rings. The number of hydrogen-bond donors (Lipinski definition) is 0. The highest BCUT2D eigenvalue weighted by Gasteiger charge is 2.42. The molecule has 0 saturated carbocycles. The Labute approximate surface area is 133 Å². The van der Waals surface area contributed by atoms with E-state index in [2.05, 4.69) is 26.2 Å². The summed E-state index contributed by atoms with van der Waals surface area (Å²) in [6, 6.07) is 0. The summed E-state index contributed by atoms with van der Waals surface area (Å²) in [7, 11) is 1.65. The predicted octanol–water partition coefficient (Wildman–Crippen LogP) is 2.64. The Hall–Kier alpha value is -0.390. The Morgan fingerprint density at radius 3 is 2.75 bits per heavy atom. The van der Waals surface area contributed by atoms with Crippen molar-refractivity contribution in [2.24, 2.45) is 5.41 Å². The molecule has 0 radical (unpaired) electrons. The van der Waals surface area contributed by atoms with Gasteiger partial charge in [-0.3, -0.25) is 0 Å². The van der Waals surface area contributed by atoms with E-state index in [0.29, 0.717) is 19.8 Å². The van der Waals surface area contributed by atoms with Crippen LogP contribution >= 0.6 is 30.1 Å². The second-order valence-electron chi connectivity index (χ2n) is 5.34. The van der Waals surface area contributed by atoms with Crippen molar-refractivity contribution in [3.8, 4) is 0 Å². The molecule has 1 fully saturated rings. The monoisotopic (exact) mass is 413 g/mol. The van der Waals surface area contributed by atoms with Crippen LogP contribution in [0.2, 0.25) is 0 Å². The smallest absolute Gasteiger partial charge is 0.390 e. The molecular weight excluding hydrogens is 397 g/mol. The minimum Gasteiger partial charge on any atom is -0.390 e. The molecule has 0 aliphatic carbocycles. The maximum atomic E-state index is 10.9. The summed E-state index contributed by atoms with van der Waals surface area (Å²) < 4.78 is 13.0. The van der Waals surface area contributed by atoms with Crippen LogP contribution in [0.5, 0.6) is 0 Å². The van der Waals surface area contributed by atoms with Crippen LogP contribution in [-0.4, -0.2) is 39.2 Å². The van der Waals surface area contributed by atoms with Crippen molar-refractivity contribution in [1.29, 1.82) is 0 Å². The third-order valence-corrected chi connectivity index (χ3v) is 4.83. The maximum absolute atomic E-state index is 10.9. The molecule has 112 valence electrons. The fourth-order valence-electron chi connectivity index (χ4n) is 2.03. The molecule has 9 heteroatoms. The zero-order valence-corrected chi connectivity index (χ0v) is 14.2. The molecule has 0 unspecified atom stereocenters. The third kappa shape index (κ3) is 3.62. The van der Waals surface area contributed by atoms with Crippen LogP contribution in [0.4, 0.5) is 5.95 Å². The summed E-state index contributed by atoms with van der Waals surface area (Å²) in [6.07, 6.45) is 3.06. The molecule has 0 aromatic carbocycles. The summed E-state index contributed by atoms with van der Waals surface area (Å²) in [6.45, 7) is 5.20. The lowest BCUT2D eigenvalue weighted by Gasteiger charge is -2.42. The summed E-state index contributed by atoms with van der Waals surface area (Å²) in [5, 5.41) is 10.9. The quantitative estimate of drug-likeness (QED) is 0.420. The lowest BCUT2D eigenvalue weighted by atomic mass is 9.91. The van der Waals surface area contributed by atoms with Gasteiger partial charge in [0.1, 0.15) is 12.4 Å². The van der Waals surface area contributed by atoms with Gasteiger partial charge in [-0.1, -0.05) is 13.9 Å². The molecule has 1 aliphatic rings. The summed E-state index contributed by atoms with van der Waals surface area (Å²) in [4.78, 5) is 14.2. The number of rotatable bonds is 5. The normalized spacial score (nSPS) is 20.8. The van der Waals surface area contributed by atoms with Gasteiger partial charge in [0, 0.05) is 5.75 Å². The van der Waals surface area contributed by atoms with Crippen molar-refractivity contribution in [2.75, 3.05) is 19.0 Å². The molecule has 0 N–H and O–H groups in total. The van der Waals surface area contributed by atoms with E-state index in [1.807, 2.05) is 13.8 Å². The number of halogens is 1. The van der Waals surface area contributed by atoms with Crippen molar-refractivity contribution in [3.63, 3.8) is 0 Å². The number of nitro groups is 1. The summed E-state index contributed by atoms with van der Waals surface area (Å²) in [5.41, 5.74) is -0.285. The van der Waals surface area contributed by atoms with Crippen molar-refractivity contribution in [3.05, 3.63) is 22.5 Å². The van der Waals surface area contributed by atoms with Crippen LogP contribution in [0.15, 0.2) is 12.4 Å². The average molecular weight is 413 g/mol. The zero-order valence-electron chi connectivity index (χ0n) is 11.2. The first-order chi connectivity index (χ1) is 9.37. The van der Waals surface area contributed by atoms with Gasteiger partial charge in [-0.05, 0) is 40.0 Å². The Kier molecular flexibility index (Phi) is 4.92. The average Bonchev–Trinajstić information content (AvgIpc) is 2.82. The van der Waals surface area contributed by atoms with E-state index >= 15 is 0 Å². The topological polar surface area (TPSA) is 79.4 Å². The lowest BCUT2D eigenvalue weighted by Crippen LogP contribution is -2.49. The van der Waals surface area contributed by atoms with Crippen molar-refractivity contribution < 1.29 is 14.4 Å². The van der Waals surface area contributed by atoms with Gasteiger partial charge >= 0.3 is 5.95 Å². The standard InChI is InChI=1S/C11H16IN3O4S/c1-10(2)18-6-11(7-19-10,8-20-12)5-14-4-3-13-9(14)15(16)17/h3-4H,5-8H2,1-2H3. The molecule has 2 heterocycles. The molecule has 0 amide bonds. The van der Waals surface area contributed by atoms with E-state index in [-0.39, 0.29) is 11.4 Å². The second kappa shape index (κ2) is 6.16. The fraction of sp³-hybridized carbons (Fsp3) is 0.727. The molecule has 20 heavy (non-hydrogen) atoms. The first-order valence-corrected chi connectivity index (χ1v) is 9.57.